The lowest BCUT2D eigenvalue weighted by Gasteiger charge is -2.04. The Morgan fingerprint density at radius 3 is 2.81 bits per heavy atom. The number of hydrogen-bond donors (Lipinski definition) is 1. The maximum atomic E-state index is 11.2. The zero-order valence-corrected chi connectivity index (χ0v) is 9.23. The predicted molar refractivity (Wildman–Crippen MR) is 60.2 cm³/mol. The fourth-order valence-corrected chi connectivity index (χ4v) is 1.63. The smallest absolute Gasteiger partial charge is 0.403 e. The number of rotatable bonds is 1. The molecule has 0 atom stereocenters. The molecule has 0 spiro atoms. The van der Waals surface area contributed by atoms with Gasteiger partial charge in [0.2, 0.25) is 5.75 Å². The van der Waals surface area contributed by atoms with Crippen LogP contribution in [0.15, 0.2) is 36.5 Å². The average molecular weight is 217 g/mol. The van der Waals surface area contributed by atoms with Gasteiger partial charge in [0.05, 0.1) is 5.39 Å². The van der Waals surface area contributed by atoms with Gasteiger partial charge in [0.15, 0.2) is 6.20 Å². The first-order valence-corrected chi connectivity index (χ1v) is 4.99. The van der Waals surface area contributed by atoms with Crippen molar-refractivity contribution in [1.29, 1.82) is 0 Å². The summed E-state index contributed by atoms with van der Waals surface area (Å²) in [5, 5.41) is 3.46. The Bertz CT molecular complexity index is 532. The maximum Gasteiger partial charge on any atom is 0.412 e. The standard InChI is InChI=1S/C12H12N2O2/c1-13-12(15)16-10-7-3-5-9-6-4-8-14(2)11(9)10/h3-8H,1-2H3/p+1. The minimum atomic E-state index is -0.462. The van der Waals surface area contributed by atoms with E-state index in [1.165, 1.54) is 7.05 Å². The molecular formula is C12H13N2O2+. The molecule has 0 aliphatic carbocycles. The summed E-state index contributed by atoms with van der Waals surface area (Å²) >= 11 is 0. The molecule has 1 aromatic carbocycles. The second-order valence-electron chi connectivity index (χ2n) is 3.45. The zero-order valence-electron chi connectivity index (χ0n) is 9.23. The van der Waals surface area contributed by atoms with E-state index in [9.17, 15) is 4.79 Å². The Morgan fingerprint density at radius 1 is 1.31 bits per heavy atom. The third-order valence-corrected chi connectivity index (χ3v) is 2.38. The van der Waals surface area contributed by atoms with Crippen molar-refractivity contribution in [2.45, 2.75) is 0 Å². The highest BCUT2D eigenvalue weighted by Gasteiger charge is 2.13. The van der Waals surface area contributed by atoms with Gasteiger partial charge in [0.25, 0.3) is 5.52 Å². The van der Waals surface area contributed by atoms with E-state index in [1.807, 2.05) is 42.1 Å². The number of ether oxygens (including phenoxy) is 1. The van der Waals surface area contributed by atoms with Crippen LogP contribution in [0.1, 0.15) is 0 Å². The van der Waals surface area contributed by atoms with Crippen molar-refractivity contribution in [3.63, 3.8) is 0 Å². The number of carbonyl (C=O) groups excluding carboxylic acids is 1. The number of benzene rings is 1. The van der Waals surface area contributed by atoms with Crippen LogP contribution in [0.2, 0.25) is 0 Å². The van der Waals surface area contributed by atoms with Gasteiger partial charge in [-0.1, -0.05) is 6.07 Å². The molecule has 0 radical (unpaired) electrons. The summed E-state index contributed by atoms with van der Waals surface area (Å²) in [4.78, 5) is 11.2. The third-order valence-electron chi connectivity index (χ3n) is 2.38. The number of fused-ring (bicyclic) bond motifs is 1. The summed E-state index contributed by atoms with van der Waals surface area (Å²) in [6, 6.07) is 9.54. The lowest BCUT2D eigenvalue weighted by molar-refractivity contribution is -0.645. The molecule has 1 N–H and O–H groups in total. The summed E-state index contributed by atoms with van der Waals surface area (Å²) in [5.74, 6) is 0.556. The van der Waals surface area contributed by atoms with Crippen LogP contribution in [0.4, 0.5) is 4.79 Å². The van der Waals surface area contributed by atoms with Gasteiger partial charge in [-0.3, -0.25) is 0 Å². The van der Waals surface area contributed by atoms with Crippen LogP contribution in [0, 0.1) is 0 Å². The molecule has 0 saturated carbocycles. The lowest BCUT2D eigenvalue weighted by Crippen LogP contribution is -2.30. The molecule has 0 aliphatic heterocycles. The van der Waals surface area contributed by atoms with E-state index in [1.54, 1.807) is 6.07 Å². The highest BCUT2D eigenvalue weighted by molar-refractivity contribution is 5.84. The van der Waals surface area contributed by atoms with Gasteiger partial charge in [-0.2, -0.15) is 4.57 Å². The van der Waals surface area contributed by atoms with Gasteiger partial charge in [-0.25, -0.2) is 4.79 Å². The molecule has 2 aromatic rings. The molecule has 4 nitrogen and oxygen atoms in total. The highest BCUT2D eigenvalue weighted by Crippen LogP contribution is 2.21. The van der Waals surface area contributed by atoms with E-state index in [0.717, 1.165) is 10.9 Å². The van der Waals surface area contributed by atoms with Gasteiger partial charge in [-0.15, -0.1) is 0 Å². The van der Waals surface area contributed by atoms with Crippen molar-refractivity contribution in [3.8, 4) is 5.75 Å². The first-order valence-electron chi connectivity index (χ1n) is 4.99. The Morgan fingerprint density at radius 2 is 2.06 bits per heavy atom. The van der Waals surface area contributed by atoms with Crippen molar-refractivity contribution >= 4 is 17.0 Å². The monoisotopic (exact) mass is 217 g/mol. The van der Waals surface area contributed by atoms with Gasteiger partial charge in [0, 0.05) is 13.1 Å². The fourth-order valence-electron chi connectivity index (χ4n) is 1.63. The van der Waals surface area contributed by atoms with Crippen LogP contribution in [-0.4, -0.2) is 13.1 Å². The van der Waals surface area contributed by atoms with Crippen molar-refractivity contribution in [3.05, 3.63) is 36.5 Å². The number of carbonyl (C=O) groups is 1. The van der Waals surface area contributed by atoms with E-state index in [2.05, 4.69) is 5.32 Å². The van der Waals surface area contributed by atoms with Crippen LogP contribution < -0.4 is 14.6 Å². The number of hydrogen-bond acceptors (Lipinski definition) is 2. The van der Waals surface area contributed by atoms with Crippen molar-refractivity contribution in [1.82, 2.24) is 5.32 Å². The van der Waals surface area contributed by atoms with Gasteiger partial charge < -0.3 is 10.1 Å². The van der Waals surface area contributed by atoms with Gasteiger partial charge >= 0.3 is 6.09 Å². The number of aryl methyl sites for hydroxylation is 1. The molecule has 4 heteroatoms. The molecule has 2 rings (SSSR count). The Kier molecular flexibility index (Phi) is 2.72. The van der Waals surface area contributed by atoms with E-state index < -0.39 is 6.09 Å². The fraction of sp³-hybridized carbons (Fsp3) is 0.167. The van der Waals surface area contributed by atoms with Crippen LogP contribution >= 0.6 is 0 Å². The summed E-state index contributed by atoms with van der Waals surface area (Å²) in [6.07, 6.45) is 1.45. The van der Waals surface area contributed by atoms with Crippen LogP contribution in [0.25, 0.3) is 10.9 Å². The molecule has 0 saturated heterocycles. The number of para-hydroxylation sites is 1. The highest BCUT2D eigenvalue weighted by atomic mass is 16.6. The number of nitrogens with zero attached hydrogens (tertiary/aromatic N) is 1. The summed E-state index contributed by atoms with van der Waals surface area (Å²) in [6.45, 7) is 0. The van der Waals surface area contributed by atoms with Crippen molar-refractivity contribution in [2.24, 2.45) is 7.05 Å². The summed E-state index contributed by atoms with van der Waals surface area (Å²) in [5.41, 5.74) is 0.897. The number of amides is 1. The molecule has 0 unspecified atom stereocenters. The Hall–Kier alpha value is -2.10. The number of pyridine rings is 1. The predicted octanol–water partition coefficient (Wildman–Crippen LogP) is 1.38. The molecule has 16 heavy (non-hydrogen) atoms. The van der Waals surface area contributed by atoms with Crippen LogP contribution in [0.5, 0.6) is 5.75 Å². The van der Waals surface area contributed by atoms with E-state index in [-0.39, 0.29) is 0 Å². The summed E-state index contributed by atoms with van der Waals surface area (Å²) in [7, 11) is 3.45. The molecule has 1 heterocycles. The molecule has 82 valence electrons. The Balaban J connectivity index is 2.56. The zero-order chi connectivity index (χ0) is 11.5. The van der Waals surface area contributed by atoms with E-state index in [0.29, 0.717) is 5.75 Å². The minimum Gasteiger partial charge on any atom is -0.403 e. The normalized spacial score (nSPS) is 10.1. The molecule has 0 bridgehead atoms. The molecule has 0 aliphatic rings. The first-order chi connectivity index (χ1) is 7.72. The van der Waals surface area contributed by atoms with E-state index >= 15 is 0 Å². The van der Waals surface area contributed by atoms with E-state index in [4.69, 9.17) is 4.74 Å². The minimum absolute atomic E-state index is 0.462. The molecule has 1 aromatic heterocycles. The van der Waals surface area contributed by atoms with Crippen molar-refractivity contribution in [2.75, 3.05) is 7.05 Å². The lowest BCUT2D eigenvalue weighted by atomic mass is 10.2. The second-order valence-corrected chi connectivity index (χ2v) is 3.45. The third kappa shape index (κ3) is 1.82. The van der Waals surface area contributed by atoms with Gasteiger partial charge in [0.1, 0.15) is 7.05 Å². The van der Waals surface area contributed by atoms with Crippen LogP contribution in [-0.2, 0) is 7.05 Å². The van der Waals surface area contributed by atoms with Crippen molar-refractivity contribution < 1.29 is 14.1 Å². The average Bonchev–Trinajstić information content (AvgIpc) is 2.29. The Labute approximate surface area is 93.5 Å². The molecule has 0 fully saturated rings. The number of aromatic nitrogens is 1. The molecule has 1 amide bonds. The van der Waals surface area contributed by atoms with Gasteiger partial charge in [-0.05, 0) is 18.2 Å². The topological polar surface area (TPSA) is 42.2 Å². The maximum absolute atomic E-state index is 11.2. The largest absolute Gasteiger partial charge is 0.412 e. The first kappa shape index (κ1) is 10.4. The number of nitrogens with one attached hydrogen (secondary N) is 1. The molecular weight excluding hydrogens is 204 g/mol. The second kappa shape index (κ2) is 4.18. The summed E-state index contributed by atoms with van der Waals surface area (Å²) < 4.78 is 7.11. The SMILES string of the molecule is CNC(=O)Oc1cccc2ccc[n+](C)c12. The van der Waals surface area contributed by atoms with Crippen LogP contribution in [0.3, 0.4) is 0 Å². The quantitative estimate of drug-likeness (QED) is 0.733.